The van der Waals surface area contributed by atoms with Crippen molar-refractivity contribution in [1.29, 1.82) is 0 Å². The van der Waals surface area contributed by atoms with Gasteiger partial charge in [-0.15, -0.1) is 0 Å². The van der Waals surface area contributed by atoms with E-state index in [-0.39, 0.29) is 17.2 Å². The van der Waals surface area contributed by atoms with E-state index in [0.717, 1.165) is 5.56 Å². The summed E-state index contributed by atoms with van der Waals surface area (Å²) in [6, 6.07) is 6.59. The van der Waals surface area contributed by atoms with Crippen molar-refractivity contribution in [2.75, 3.05) is 0 Å². The first-order valence-corrected chi connectivity index (χ1v) is 8.06. The van der Waals surface area contributed by atoms with E-state index in [1.807, 2.05) is 20.8 Å². The molecule has 116 valence electrons. The Labute approximate surface area is 127 Å². The maximum Gasteiger partial charge on any atom is 0.248 e. The van der Waals surface area contributed by atoms with Crippen LogP contribution in [-0.2, 0) is 21.3 Å². The molecular weight excluding hydrogens is 288 g/mol. The fraction of sp³-hybridized carbons (Fsp3) is 0.467. The van der Waals surface area contributed by atoms with Gasteiger partial charge in [0, 0.05) is 27.7 Å². The van der Waals surface area contributed by atoms with Crippen LogP contribution >= 0.6 is 0 Å². The number of carbonyl (C=O) groups excluding carboxylic acids is 2. The summed E-state index contributed by atoms with van der Waals surface area (Å²) in [6.07, 6.45) is 0. The SMILES string of the molecule is CC(C(=O)NC(C)(C)C)S(=O)Cc1ccc(C(N)=O)cc1. The van der Waals surface area contributed by atoms with Crippen molar-refractivity contribution in [2.45, 2.75) is 44.2 Å². The van der Waals surface area contributed by atoms with Crippen LogP contribution in [0.5, 0.6) is 0 Å². The first-order valence-electron chi connectivity index (χ1n) is 6.68. The minimum Gasteiger partial charge on any atom is -0.366 e. The van der Waals surface area contributed by atoms with Crippen molar-refractivity contribution >= 4 is 22.6 Å². The van der Waals surface area contributed by atoms with Crippen molar-refractivity contribution in [1.82, 2.24) is 5.32 Å². The molecule has 2 unspecified atom stereocenters. The van der Waals surface area contributed by atoms with Crippen LogP contribution in [0.2, 0.25) is 0 Å². The fourth-order valence-corrected chi connectivity index (χ4v) is 2.71. The molecule has 1 rings (SSSR count). The number of carbonyl (C=O) groups is 2. The van der Waals surface area contributed by atoms with Crippen LogP contribution in [-0.4, -0.2) is 26.8 Å². The zero-order chi connectivity index (χ0) is 16.2. The second-order valence-corrected chi connectivity index (χ2v) is 7.73. The van der Waals surface area contributed by atoms with E-state index in [2.05, 4.69) is 5.32 Å². The van der Waals surface area contributed by atoms with E-state index >= 15 is 0 Å². The molecule has 5 nitrogen and oxygen atoms in total. The highest BCUT2D eigenvalue weighted by Crippen LogP contribution is 2.10. The molecule has 0 aromatic heterocycles. The second kappa shape index (κ2) is 6.85. The molecule has 2 atom stereocenters. The van der Waals surface area contributed by atoms with Gasteiger partial charge in [0.15, 0.2) is 0 Å². The van der Waals surface area contributed by atoms with Crippen molar-refractivity contribution in [3.63, 3.8) is 0 Å². The summed E-state index contributed by atoms with van der Waals surface area (Å²) in [7, 11) is -1.33. The Morgan fingerprint density at radius 2 is 1.76 bits per heavy atom. The molecule has 0 bridgehead atoms. The molecule has 2 amide bonds. The van der Waals surface area contributed by atoms with Crippen LogP contribution in [0.15, 0.2) is 24.3 Å². The van der Waals surface area contributed by atoms with E-state index in [0.29, 0.717) is 5.56 Å². The lowest BCUT2D eigenvalue weighted by atomic mass is 10.1. The fourth-order valence-electron chi connectivity index (χ4n) is 1.65. The second-order valence-electron chi connectivity index (χ2n) is 5.97. The molecule has 6 heteroatoms. The number of rotatable bonds is 5. The van der Waals surface area contributed by atoms with Crippen LogP contribution in [0, 0.1) is 0 Å². The number of hydrogen-bond donors (Lipinski definition) is 2. The molecule has 21 heavy (non-hydrogen) atoms. The lowest BCUT2D eigenvalue weighted by Crippen LogP contribution is -2.46. The monoisotopic (exact) mass is 310 g/mol. The van der Waals surface area contributed by atoms with Crippen LogP contribution in [0.3, 0.4) is 0 Å². The van der Waals surface area contributed by atoms with Gasteiger partial charge in [0.25, 0.3) is 0 Å². The highest BCUT2D eigenvalue weighted by atomic mass is 32.2. The summed E-state index contributed by atoms with van der Waals surface area (Å²) < 4.78 is 12.2. The zero-order valence-corrected chi connectivity index (χ0v) is 13.6. The molecule has 0 aliphatic carbocycles. The van der Waals surface area contributed by atoms with Crippen LogP contribution in [0.4, 0.5) is 0 Å². The molecule has 0 fully saturated rings. The predicted octanol–water partition coefficient (Wildman–Crippen LogP) is 1.34. The average molecular weight is 310 g/mol. The number of hydrogen-bond acceptors (Lipinski definition) is 3. The van der Waals surface area contributed by atoms with Crippen molar-refractivity contribution in [3.05, 3.63) is 35.4 Å². The van der Waals surface area contributed by atoms with E-state index in [9.17, 15) is 13.8 Å². The topological polar surface area (TPSA) is 89.3 Å². The molecule has 0 radical (unpaired) electrons. The lowest BCUT2D eigenvalue weighted by Gasteiger charge is -2.23. The predicted molar refractivity (Wildman–Crippen MR) is 84.2 cm³/mol. The molecule has 0 aliphatic heterocycles. The van der Waals surface area contributed by atoms with Gasteiger partial charge in [-0.25, -0.2) is 0 Å². The van der Waals surface area contributed by atoms with Gasteiger partial charge in [0.1, 0.15) is 5.25 Å². The van der Waals surface area contributed by atoms with E-state index in [1.54, 1.807) is 31.2 Å². The van der Waals surface area contributed by atoms with Gasteiger partial charge in [-0.1, -0.05) is 12.1 Å². The number of primary amides is 1. The Balaban J connectivity index is 2.68. The van der Waals surface area contributed by atoms with Gasteiger partial charge >= 0.3 is 0 Å². The quantitative estimate of drug-likeness (QED) is 0.860. The average Bonchev–Trinajstić information content (AvgIpc) is 2.36. The largest absolute Gasteiger partial charge is 0.366 e. The molecular formula is C15H22N2O3S. The first-order chi connectivity index (χ1) is 9.60. The number of amides is 2. The Hall–Kier alpha value is -1.69. The summed E-state index contributed by atoms with van der Waals surface area (Å²) in [5.74, 6) is -0.465. The number of nitrogens with two attached hydrogens (primary N) is 1. The molecule has 0 heterocycles. The van der Waals surface area contributed by atoms with Gasteiger partial charge in [0.05, 0.1) is 0 Å². The number of nitrogens with one attached hydrogen (secondary N) is 1. The third-order valence-electron chi connectivity index (χ3n) is 2.81. The van der Waals surface area contributed by atoms with Crippen LogP contribution in [0.25, 0.3) is 0 Å². The molecule has 3 N–H and O–H groups in total. The maximum atomic E-state index is 12.2. The van der Waals surface area contributed by atoms with Gasteiger partial charge in [-0.05, 0) is 45.4 Å². The Morgan fingerprint density at radius 1 is 1.24 bits per heavy atom. The van der Waals surface area contributed by atoms with Gasteiger partial charge in [0.2, 0.25) is 11.8 Å². The minimum atomic E-state index is -1.33. The molecule has 1 aromatic carbocycles. The summed E-state index contributed by atoms with van der Waals surface area (Å²) in [6.45, 7) is 7.28. The summed E-state index contributed by atoms with van der Waals surface area (Å²) in [5, 5.41) is 2.22. The third kappa shape index (κ3) is 5.67. The molecule has 0 saturated heterocycles. The zero-order valence-electron chi connectivity index (χ0n) is 12.8. The van der Waals surface area contributed by atoms with E-state index in [1.165, 1.54) is 0 Å². The molecule has 1 aromatic rings. The maximum absolute atomic E-state index is 12.2. The summed E-state index contributed by atoms with van der Waals surface area (Å²) >= 11 is 0. The first kappa shape index (κ1) is 17.4. The molecule has 0 spiro atoms. The highest BCUT2D eigenvalue weighted by molar-refractivity contribution is 7.85. The van der Waals surface area contributed by atoms with E-state index in [4.69, 9.17) is 5.73 Å². The Kier molecular flexibility index (Phi) is 5.66. The summed E-state index contributed by atoms with van der Waals surface area (Å²) in [4.78, 5) is 22.9. The smallest absolute Gasteiger partial charge is 0.248 e. The number of benzene rings is 1. The van der Waals surface area contributed by atoms with Crippen molar-refractivity contribution < 1.29 is 13.8 Å². The third-order valence-corrected chi connectivity index (χ3v) is 4.43. The van der Waals surface area contributed by atoms with Crippen LogP contribution < -0.4 is 11.1 Å². The van der Waals surface area contributed by atoms with Crippen molar-refractivity contribution in [3.8, 4) is 0 Å². The van der Waals surface area contributed by atoms with Gasteiger partial charge in [-0.2, -0.15) is 0 Å². The minimum absolute atomic E-state index is 0.227. The molecule has 0 saturated carbocycles. The van der Waals surface area contributed by atoms with Gasteiger partial charge in [-0.3, -0.25) is 13.8 Å². The Bertz CT molecular complexity index is 547. The molecule has 0 aliphatic rings. The Morgan fingerprint density at radius 3 is 2.19 bits per heavy atom. The van der Waals surface area contributed by atoms with Gasteiger partial charge < -0.3 is 11.1 Å². The van der Waals surface area contributed by atoms with E-state index < -0.39 is 22.0 Å². The standard InChI is InChI=1S/C15H22N2O3S/c1-10(14(19)17-15(2,3)4)21(20)9-11-5-7-12(8-6-11)13(16)18/h5-8,10H,9H2,1-4H3,(H2,16,18)(H,17,19). The highest BCUT2D eigenvalue weighted by Gasteiger charge is 2.23. The lowest BCUT2D eigenvalue weighted by molar-refractivity contribution is -0.121. The van der Waals surface area contributed by atoms with Crippen LogP contribution in [0.1, 0.15) is 43.6 Å². The normalized spacial score (nSPS) is 14.3. The summed E-state index contributed by atoms with van der Waals surface area (Å²) in [5.41, 5.74) is 6.02. The van der Waals surface area contributed by atoms with Crippen molar-refractivity contribution in [2.24, 2.45) is 5.73 Å².